The molecule has 1 aromatic carbocycles. The summed E-state index contributed by atoms with van der Waals surface area (Å²) in [6, 6.07) is 11.9. The maximum absolute atomic E-state index is 12.1. The molecule has 0 saturated carbocycles. The molecule has 0 unspecified atom stereocenters. The smallest absolute Gasteiger partial charge is 0.225 e. The largest absolute Gasteiger partial charge is 0.326 e. The molecule has 2 aromatic rings. The van der Waals surface area contributed by atoms with Gasteiger partial charge in [0.2, 0.25) is 5.91 Å². The molecule has 4 nitrogen and oxygen atoms in total. The van der Waals surface area contributed by atoms with Gasteiger partial charge < -0.3 is 5.32 Å². The van der Waals surface area contributed by atoms with Gasteiger partial charge in [-0.2, -0.15) is 5.26 Å². The van der Waals surface area contributed by atoms with Crippen molar-refractivity contribution in [2.45, 2.75) is 37.6 Å². The van der Waals surface area contributed by atoms with E-state index in [4.69, 9.17) is 0 Å². The van der Waals surface area contributed by atoms with E-state index in [0.29, 0.717) is 17.7 Å². The molecule has 122 valence electrons. The second-order valence-corrected chi connectivity index (χ2v) is 6.96. The van der Waals surface area contributed by atoms with Crippen molar-refractivity contribution in [3.63, 3.8) is 0 Å². The lowest BCUT2D eigenvalue weighted by Gasteiger charge is -2.09. The molecule has 0 saturated heterocycles. The molecule has 0 bridgehead atoms. The summed E-state index contributed by atoms with van der Waals surface area (Å²) in [5, 5.41) is 13.0. The summed E-state index contributed by atoms with van der Waals surface area (Å²) in [6.07, 6.45) is 3.51. The SMILES string of the molecule is Cc1ccccc1NC(=O)CCSc1nc2c(cc1C#N)CCC2. The minimum Gasteiger partial charge on any atom is -0.326 e. The van der Waals surface area contributed by atoms with Crippen LogP contribution in [0, 0.1) is 18.3 Å². The maximum atomic E-state index is 12.1. The van der Waals surface area contributed by atoms with Crippen LogP contribution in [0.2, 0.25) is 0 Å². The number of carbonyl (C=O) groups excluding carboxylic acids is 1. The zero-order valence-electron chi connectivity index (χ0n) is 13.6. The van der Waals surface area contributed by atoms with Gasteiger partial charge in [-0.05, 0) is 49.4 Å². The van der Waals surface area contributed by atoms with Crippen molar-refractivity contribution in [1.29, 1.82) is 5.26 Å². The second-order valence-electron chi connectivity index (χ2n) is 5.87. The van der Waals surface area contributed by atoms with Gasteiger partial charge in [0, 0.05) is 23.6 Å². The zero-order chi connectivity index (χ0) is 16.9. The predicted molar refractivity (Wildman–Crippen MR) is 96.1 cm³/mol. The number of carbonyl (C=O) groups is 1. The Balaban J connectivity index is 1.58. The molecule has 1 N–H and O–H groups in total. The normalized spacial score (nSPS) is 12.5. The highest BCUT2D eigenvalue weighted by molar-refractivity contribution is 7.99. The third-order valence-corrected chi connectivity index (χ3v) is 5.12. The molecule has 0 aliphatic heterocycles. The first-order valence-electron chi connectivity index (χ1n) is 8.08. The van der Waals surface area contributed by atoms with Crippen LogP contribution < -0.4 is 5.32 Å². The van der Waals surface area contributed by atoms with Gasteiger partial charge in [-0.15, -0.1) is 11.8 Å². The molecule has 0 spiro atoms. The van der Waals surface area contributed by atoms with Gasteiger partial charge in [-0.25, -0.2) is 4.98 Å². The number of nitrogens with zero attached hydrogens (tertiary/aromatic N) is 2. The molecule has 1 aliphatic carbocycles. The fourth-order valence-electron chi connectivity index (χ4n) is 2.81. The molecule has 0 radical (unpaired) electrons. The lowest BCUT2D eigenvalue weighted by Crippen LogP contribution is -2.13. The number of pyridine rings is 1. The number of aryl methyl sites for hydroxylation is 3. The highest BCUT2D eigenvalue weighted by atomic mass is 32.2. The molecule has 1 heterocycles. The number of benzene rings is 1. The van der Waals surface area contributed by atoms with Crippen molar-refractivity contribution in [2.75, 3.05) is 11.1 Å². The van der Waals surface area contributed by atoms with Gasteiger partial charge >= 0.3 is 0 Å². The summed E-state index contributed by atoms with van der Waals surface area (Å²) in [6.45, 7) is 1.97. The molecule has 1 aromatic heterocycles. The van der Waals surface area contributed by atoms with Crippen molar-refractivity contribution in [3.05, 3.63) is 52.7 Å². The number of thioether (sulfide) groups is 1. The first-order valence-corrected chi connectivity index (χ1v) is 9.07. The van der Waals surface area contributed by atoms with Gasteiger partial charge in [-0.3, -0.25) is 4.79 Å². The summed E-state index contributed by atoms with van der Waals surface area (Å²) in [4.78, 5) is 16.7. The molecular weight excluding hydrogens is 318 g/mol. The Hall–Kier alpha value is -2.32. The number of aromatic nitrogens is 1. The van der Waals surface area contributed by atoms with Crippen LogP contribution in [0.4, 0.5) is 5.69 Å². The Morgan fingerprint density at radius 3 is 3.00 bits per heavy atom. The molecule has 5 heteroatoms. The van der Waals surface area contributed by atoms with Gasteiger partial charge in [-0.1, -0.05) is 18.2 Å². The molecule has 0 fully saturated rings. The van der Waals surface area contributed by atoms with E-state index in [1.54, 1.807) is 0 Å². The lowest BCUT2D eigenvalue weighted by atomic mass is 10.2. The van der Waals surface area contributed by atoms with Crippen LogP contribution in [0.15, 0.2) is 35.4 Å². The number of hydrogen-bond acceptors (Lipinski definition) is 4. The Bertz CT molecular complexity index is 811. The summed E-state index contributed by atoms with van der Waals surface area (Å²) in [5.41, 5.74) is 4.83. The highest BCUT2D eigenvalue weighted by Crippen LogP contribution is 2.28. The maximum Gasteiger partial charge on any atom is 0.225 e. The molecule has 24 heavy (non-hydrogen) atoms. The van der Waals surface area contributed by atoms with Gasteiger partial charge in [0.15, 0.2) is 0 Å². The molecule has 1 amide bonds. The number of rotatable bonds is 5. The van der Waals surface area contributed by atoms with E-state index in [-0.39, 0.29) is 5.91 Å². The quantitative estimate of drug-likeness (QED) is 0.841. The van der Waals surface area contributed by atoms with Gasteiger partial charge in [0.25, 0.3) is 0 Å². The summed E-state index contributed by atoms with van der Waals surface area (Å²) in [7, 11) is 0. The minimum absolute atomic E-state index is 0.0172. The molecule has 3 rings (SSSR count). The van der Waals surface area contributed by atoms with Crippen molar-refractivity contribution in [1.82, 2.24) is 4.98 Å². The van der Waals surface area contributed by atoms with E-state index in [1.165, 1.54) is 17.3 Å². The standard InChI is InChI=1S/C19H19N3OS/c1-13-5-2-3-7-16(13)21-18(23)9-10-24-19-15(12-20)11-14-6-4-8-17(14)22-19/h2-3,5,7,11H,4,6,8-10H2,1H3,(H,21,23). The van der Waals surface area contributed by atoms with Crippen LogP contribution in [0.25, 0.3) is 0 Å². The van der Waals surface area contributed by atoms with E-state index in [1.807, 2.05) is 37.3 Å². The zero-order valence-corrected chi connectivity index (χ0v) is 14.4. The Morgan fingerprint density at radius 1 is 1.38 bits per heavy atom. The highest BCUT2D eigenvalue weighted by Gasteiger charge is 2.17. The second kappa shape index (κ2) is 7.50. The monoisotopic (exact) mass is 337 g/mol. The van der Waals surface area contributed by atoms with Crippen LogP contribution in [0.5, 0.6) is 0 Å². The fourth-order valence-corrected chi connectivity index (χ4v) is 3.73. The lowest BCUT2D eigenvalue weighted by molar-refractivity contribution is -0.115. The summed E-state index contributed by atoms with van der Waals surface area (Å²) in [5.74, 6) is 0.592. The first-order chi connectivity index (χ1) is 11.7. The Morgan fingerprint density at radius 2 is 2.21 bits per heavy atom. The van der Waals surface area contributed by atoms with Crippen molar-refractivity contribution >= 4 is 23.4 Å². The van der Waals surface area contributed by atoms with Gasteiger partial charge in [0.05, 0.1) is 5.56 Å². The van der Waals surface area contributed by atoms with Crippen LogP contribution in [0.1, 0.15) is 35.2 Å². The first kappa shape index (κ1) is 16.5. The average Bonchev–Trinajstić information content (AvgIpc) is 3.03. The average molecular weight is 337 g/mol. The van der Waals surface area contributed by atoms with Crippen LogP contribution in [-0.4, -0.2) is 16.6 Å². The number of hydrogen-bond donors (Lipinski definition) is 1. The van der Waals surface area contributed by atoms with Gasteiger partial charge in [0.1, 0.15) is 11.1 Å². The van der Waals surface area contributed by atoms with E-state index in [9.17, 15) is 10.1 Å². The Labute approximate surface area is 146 Å². The number of fused-ring (bicyclic) bond motifs is 1. The topological polar surface area (TPSA) is 65.8 Å². The molecule has 0 atom stereocenters. The third kappa shape index (κ3) is 3.77. The van der Waals surface area contributed by atoms with E-state index < -0.39 is 0 Å². The molecular formula is C19H19N3OS. The van der Waals surface area contributed by atoms with Crippen LogP contribution in [0.3, 0.4) is 0 Å². The number of amides is 1. The number of nitriles is 1. The van der Waals surface area contributed by atoms with Crippen molar-refractivity contribution < 1.29 is 4.79 Å². The fraction of sp³-hybridized carbons (Fsp3) is 0.316. The minimum atomic E-state index is -0.0172. The van der Waals surface area contributed by atoms with Crippen LogP contribution in [-0.2, 0) is 17.6 Å². The van der Waals surface area contributed by atoms with Crippen molar-refractivity contribution in [2.24, 2.45) is 0 Å². The summed E-state index contributed by atoms with van der Waals surface area (Å²) >= 11 is 1.49. The summed E-state index contributed by atoms with van der Waals surface area (Å²) < 4.78 is 0. The number of anilines is 1. The van der Waals surface area contributed by atoms with Crippen molar-refractivity contribution in [3.8, 4) is 6.07 Å². The van der Waals surface area contributed by atoms with Crippen LogP contribution >= 0.6 is 11.8 Å². The number of nitrogens with one attached hydrogen (secondary N) is 1. The molecule has 1 aliphatic rings. The third-order valence-electron chi connectivity index (χ3n) is 4.12. The number of para-hydroxylation sites is 1. The Kier molecular flexibility index (Phi) is 5.17. The van der Waals surface area contributed by atoms with E-state index in [0.717, 1.165) is 41.2 Å². The van der Waals surface area contributed by atoms with E-state index in [2.05, 4.69) is 16.4 Å². The van der Waals surface area contributed by atoms with E-state index >= 15 is 0 Å². The predicted octanol–water partition coefficient (Wildman–Crippen LogP) is 3.87.